The van der Waals surface area contributed by atoms with Gasteiger partial charge in [0.15, 0.2) is 0 Å². The summed E-state index contributed by atoms with van der Waals surface area (Å²) in [6.07, 6.45) is 2.61. The molecule has 2 heteroatoms. The lowest BCUT2D eigenvalue weighted by Crippen LogP contribution is -2.35. The predicted molar refractivity (Wildman–Crippen MR) is 60.2 cm³/mol. The van der Waals surface area contributed by atoms with Gasteiger partial charge >= 0.3 is 0 Å². The third kappa shape index (κ3) is 3.02. The zero-order chi connectivity index (χ0) is 10.6. The molecule has 1 rings (SSSR count). The van der Waals surface area contributed by atoms with Gasteiger partial charge in [-0.2, -0.15) is 0 Å². The molecule has 14 heavy (non-hydrogen) atoms. The van der Waals surface area contributed by atoms with Gasteiger partial charge in [0.1, 0.15) is 0 Å². The molecular formula is C12H23NO. The van der Waals surface area contributed by atoms with Crippen LogP contribution < -0.4 is 0 Å². The van der Waals surface area contributed by atoms with Crippen LogP contribution in [0, 0.1) is 11.8 Å². The van der Waals surface area contributed by atoms with Crippen LogP contribution in [0.15, 0.2) is 12.3 Å². The van der Waals surface area contributed by atoms with Crippen molar-refractivity contribution in [1.82, 2.24) is 4.90 Å². The normalized spacial score (nSPS) is 19.0. The Bertz CT molecular complexity index is 181. The van der Waals surface area contributed by atoms with E-state index in [0.717, 1.165) is 30.6 Å². The highest BCUT2D eigenvalue weighted by Gasteiger charge is 2.21. The Kier molecular flexibility index (Phi) is 4.46. The van der Waals surface area contributed by atoms with E-state index in [0.29, 0.717) is 6.61 Å². The summed E-state index contributed by atoms with van der Waals surface area (Å²) >= 11 is 0. The molecule has 0 aliphatic carbocycles. The van der Waals surface area contributed by atoms with E-state index in [4.69, 9.17) is 4.74 Å². The fraction of sp³-hybridized carbons (Fsp3) is 0.833. The van der Waals surface area contributed by atoms with Crippen molar-refractivity contribution in [2.75, 3.05) is 26.8 Å². The summed E-state index contributed by atoms with van der Waals surface area (Å²) in [6.45, 7) is 11.7. The number of ether oxygens (including phenoxy) is 1. The first-order chi connectivity index (χ1) is 6.65. The van der Waals surface area contributed by atoms with E-state index < -0.39 is 0 Å². The van der Waals surface area contributed by atoms with E-state index in [1.165, 1.54) is 12.8 Å². The molecule has 0 aromatic carbocycles. The number of rotatable bonds is 4. The van der Waals surface area contributed by atoms with Crippen LogP contribution in [0.25, 0.3) is 0 Å². The smallest absolute Gasteiger partial charge is 0.0854 e. The molecule has 0 radical (unpaired) electrons. The number of piperidine rings is 1. The van der Waals surface area contributed by atoms with Gasteiger partial charge in [-0.15, -0.1) is 0 Å². The molecule has 0 aromatic rings. The third-order valence-electron chi connectivity index (χ3n) is 3.24. The molecule has 1 aliphatic heterocycles. The Morgan fingerprint density at radius 1 is 1.43 bits per heavy atom. The summed E-state index contributed by atoms with van der Waals surface area (Å²) < 4.78 is 5.09. The minimum absolute atomic E-state index is 0.673. The van der Waals surface area contributed by atoms with Gasteiger partial charge in [0, 0.05) is 25.9 Å². The van der Waals surface area contributed by atoms with Gasteiger partial charge in [-0.1, -0.05) is 20.4 Å². The molecule has 0 spiro atoms. The van der Waals surface area contributed by atoms with Crippen LogP contribution in [0.1, 0.15) is 26.7 Å². The molecular weight excluding hydrogens is 174 g/mol. The van der Waals surface area contributed by atoms with E-state index in [9.17, 15) is 0 Å². The summed E-state index contributed by atoms with van der Waals surface area (Å²) in [5.74, 6) is 1.73. The standard InChI is InChI=1S/C12H23NO/c1-10(2)12-5-7-13(8-6-12)11(3)9-14-4/h10,12H,3,5-9H2,1-2,4H3. The van der Waals surface area contributed by atoms with E-state index in [2.05, 4.69) is 25.3 Å². The summed E-state index contributed by atoms with van der Waals surface area (Å²) in [5, 5.41) is 0. The molecule has 1 aliphatic rings. The maximum atomic E-state index is 5.09. The Balaban J connectivity index is 2.31. The first kappa shape index (κ1) is 11.6. The Morgan fingerprint density at radius 3 is 2.43 bits per heavy atom. The van der Waals surface area contributed by atoms with Crippen LogP contribution in [0.4, 0.5) is 0 Å². The van der Waals surface area contributed by atoms with Crippen LogP contribution in [0.2, 0.25) is 0 Å². The van der Waals surface area contributed by atoms with Crippen molar-refractivity contribution in [3.8, 4) is 0 Å². The van der Waals surface area contributed by atoms with Gasteiger partial charge in [-0.3, -0.25) is 0 Å². The number of nitrogens with zero attached hydrogens (tertiary/aromatic N) is 1. The second kappa shape index (κ2) is 5.40. The fourth-order valence-electron chi connectivity index (χ4n) is 2.14. The lowest BCUT2D eigenvalue weighted by Gasteiger charge is -2.36. The number of hydrogen-bond donors (Lipinski definition) is 0. The summed E-state index contributed by atoms with van der Waals surface area (Å²) in [4.78, 5) is 2.36. The van der Waals surface area contributed by atoms with Gasteiger partial charge in [0.25, 0.3) is 0 Å². The Morgan fingerprint density at radius 2 is 2.00 bits per heavy atom. The average molecular weight is 197 g/mol. The van der Waals surface area contributed by atoms with Crippen molar-refractivity contribution >= 4 is 0 Å². The van der Waals surface area contributed by atoms with Crippen LogP contribution in [0.3, 0.4) is 0 Å². The molecule has 2 nitrogen and oxygen atoms in total. The predicted octanol–water partition coefficient (Wildman–Crippen LogP) is 2.51. The van der Waals surface area contributed by atoms with Crippen molar-refractivity contribution in [3.05, 3.63) is 12.3 Å². The van der Waals surface area contributed by atoms with Crippen molar-refractivity contribution < 1.29 is 4.74 Å². The van der Waals surface area contributed by atoms with Gasteiger partial charge in [0.05, 0.1) is 6.61 Å². The molecule has 1 fully saturated rings. The van der Waals surface area contributed by atoms with Crippen molar-refractivity contribution in [2.45, 2.75) is 26.7 Å². The molecule has 0 N–H and O–H groups in total. The topological polar surface area (TPSA) is 12.5 Å². The minimum Gasteiger partial charge on any atom is -0.379 e. The van der Waals surface area contributed by atoms with E-state index in [1.54, 1.807) is 7.11 Å². The molecule has 0 unspecified atom stereocenters. The molecule has 0 atom stereocenters. The third-order valence-corrected chi connectivity index (χ3v) is 3.24. The summed E-state index contributed by atoms with van der Waals surface area (Å²) in [5.41, 5.74) is 1.13. The molecule has 1 saturated heterocycles. The van der Waals surface area contributed by atoms with Crippen molar-refractivity contribution in [3.63, 3.8) is 0 Å². The quantitative estimate of drug-likeness (QED) is 0.686. The van der Waals surface area contributed by atoms with Crippen molar-refractivity contribution in [2.24, 2.45) is 11.8 Å². The SMILES string of the molecule is C=C(COC)N1CCC(C(C)C)CC1. The van der Waals surface area contributed by atoms with E-state index in [1.807, 2.05) is 0 Å². The van der Waals surface area contributed by atoms with Crippen LogP contribution in [-0.2, 0) is 4.74 Å². The minimum atomic E-state index is 0.673. The van der Waals surface area contributed by atoms with Crippen LogP contribution in [0.5, 0.6) is 0 Å². The monoisotopic (exact) mass is 197 g/mol. The van der Waals surface area contributed by atoms with Gasteiger partial charge in [0.2, 0.25) is 0 Å². The molecule has 0 bridgehead atoms. The van der Waals surface area contributed by atoms with E-state index >= 15 is 0 Å². The molecule has 0 aromatic heterocycles. The maximum Gasteiger partial charge on any atom is 0.0854 e. The second-order valence-corrected chi connectivity index (χ2v) is 4.57. The number of methoxy groups -OCH3 is 1. The van der Waals surface area contributed by atoms with Gasteiger partial charge in [-0.05, 0) is 24.7 Å². The molecule has 0 saturated carbocycles. The summed E-state index contributed by atoms with van der Waals surface area (Å²) in [7, 11) is 1.73. The number of likely N-dealkylation sites (tertiary alicyclic amines) is 1. The highest BCUT2D eigenvalue weighted by molar-refractivity contribution is 4.96. The Hall–Kier alpha value is -0.500. The lowest BCUT2D eigenvalue weighted by atomic mass is 9.86. The van der Waals surface area contributed by atoms with Gasteiger partial charge in [-0.25, -0.2) is 0 Å². The first-order valence-electron chi connectivity index (χ1n) is 5.56. The number of hydrogen-bond acceptors (Lipinski definition) is 2. The van der Waals surface area contributed by atoms with Gasteiger partial charge < -0.3 is 9.64 Å². The molecule has 82 valence electrons. The maximum absolute atomic E-state index is 5.09. The summed E-state index contributed by atoms with van der Waals surface area (Å²) in [6, 6.07) is 0. The highest BCUT2D eigenvalue weighted by atomic mass is 16.5. The fourth-order valence-corrected chi connectivity index (χ4v) is 2.14. The first-order valence-corrected chi connectivity index (χ1v) is 5.56. The van der Waals surface area contributed by atoms with Crippen LogP contribution in [-0.4, -0.2) is 31.7 Å². The highest BCUT2D eigenvalue weighted by Crippen LogP contribution is 2.25. The zero-order valence-electron chi connectivity index (χ0n) is 9.75. The Labute approximate surface area is 87.9 Å². The average Bonchev–Trinajstić information content (AvgIpc) is 2.18. The van der Waals surface area contributed by atoms with Crippen molar-refractivity contribution in [1.29, 1.82) is 0 Å². The molecule has 1 heterocycles. The largest absolute Gasteiger partial charge is 0.379 e. The van der Waals surface area contributed by atoms with Crippen LogP contribution >= 0.6 is 0 Å². The zero-order valence-corrected chi connectivity index (χ0v) is 9.75. The second-order valence-electron chi connectivity index (χ2n) is 4.57. The van der Waals surface area contributed by atoms with E-state index in [-0.39, 0.29) is 0 Å². The molecule has 0 amide bonds. The lowest BCUT2D eigenvalue weighted by molar-refractivity contribution is 0.149.